The van der Waals surface area contributed by atoms with E-state index in [-0.39, 0.29) is 35.7 Å². The van der Waals surface area contributed by atoms with Crippen LogP contribution < -0.4 is 21.5 Å². The van der Waals surface area contributed by atoms with Gasteiger partial charge in [0.05, 0.1) is 27.9 Å². The molecule has 3 aliphatic rings. The quantitative estimate of drug-likeness (QED) is 0.0818. The monoisotopic (exact) mass is 822 g/mol. The first-order valence-corrected chi connectivity index (χ1v) is 20.9. The number of nitrogens with one attached hydrogen (secondary N) is 3. The van der Waals surface area contributed by atoms with Crippen LogP contribution in [0.1, 0.15) is 91.0 Å². The van der Waals surface area contributed by atoms with Gasteiger partial charge in [0.1, 0.15) is 11.9 Å². The highest BCUT2D eigenvalue weighted by Crippen LogP contribution is 2.44. The summed E-state index contributed by atoms with van der Waals surface area (Å²) >= 11 is 0. The van der Waals surface area contributed by atoms with Gasteiger partial charge in [0.25, 0.3) is 0 Å². The van der Waals surface area contributed by atoms with Crippen LogP contribution in [0, 0.1) is 23.6 Å². The van der Waals surface area contributed by atoms with E-state index in [1.54, 1.807) is 11.5 Å². The number of primary amides is 1. The Bertz CT molecular complexity index is 2080. The van der Waals surface area contributed by atoms with E-state index in [0.29, 0.717) is 50.3 Å². The molecule has 12 nitrogen and oxygen atoms in total. The fraction of sp³-hybridized carbons (Fsp3) is 0.550. The molecule has 0 spiro atoms. The number of anilines is 1. The first-order valence-electron chi connectivity index (χ1n) is 19.4. The van der Waals surface area contributed by atoms with E-state index < -0.39 is 50.2 Å². The minimum Gasteiger partial charge on any atom is -0.376 e. The fourth-order valence-corrected chi connectivity index (χ4v) is 7.74. The molecule has 3 amide bonds. The molecule has 1 aromatic heterocycles. The molecule has 0 radical (unpaired) electrons. The molecule has 2 heterocycles. The predicted octanol–water partition coefficient (Wildman–Crippen LogP) is 6.48. The molecule has 314 valence electrons. The standard InChI is InChI=1S/C15H25NO3S.C14H15F4N3O2.C11H14N2O/c1-3-4-5-6-7-8-12-11-13(12)14(17)16-20(18,19)15(2)9-10-15;15-9-4-8(14(16,17)18)5-10(6-9)20-7-12(22)21-3-1-2-11(21)13(19)23;1-8(2)7-13-10-6-4-3-5-9(10)12-11(13)14/h7-8,12-13H,3-6,9-11H2,1-2H3,(H,16,17);4-6,11,20H,1-3,7H2,(H2,19,23);3-6,8H,7H2,1-2H3,(H,12,14)/b8-7-;;. The molecular formula is C40H54F4N6O6S. The van der Waals surface area contributed by atoms with Crippen LogP contribution in [0.3, 0.4) is 0 Å². The fourth-order valence-electron chi connectivity index (χ4n) is 6.44. The molecule has 5 N–H and O–H groups in total. The van der Waals surface area contributed by atoms with Crippen molar-refractivity contribution in [2.45, 2.75) is 109 Å². The number of carbonyl (C=O) groups excluding carboxylic acids is 3. The lowest BCUT2D eigenvalue weighted by Crippen LogP contribution is -2.45. The average Bonchev–Trinajstić information content (AvgIpc) is 4.00. The van der Waals surface area contributed by atoms with Crippen molar-refractivity contribution in [2.24, 2.45) is 23.5 Å². The first kappa shape index (κ1) is 45.0. The van der Waals surface area contributed by atoms with Gasteiger partial charge in [-0.15, -0.1) is 0 Å². The minimum absolute atomic E-state index is 0.0140. The van der Waals surface area contributed by atoms with Gasteiger partial charge in [0, 0.05) is 24.7 Å². The summed E-state index contributed by atoms with van der Waals surface area (Å²) in [6.07, 6.45) is 7.36. The predicted molar refractivity (Wildman–Crippen MR) is 211 cm³/mol. The summed E-state index contributed by atoms with van der Waals surface area (Å²) in [6.45, 7) is 8.84. The van der Waals surface area contributed by atoms with Crippen molar-refractivity contribution >= 4 is 44.5 Å². The molecular weight excluding hydrogens is 769 g/mol. The molecule has 0 bridgehead atoms. The number of carbonyl (C=O) groups is 3. The molecule has 2 aliphatic carbocycles. The smallest absolute Gasteiger partial charge is 0.376 e. The zero-order valence-electron chi connectivity index (χ0n) is 32.8. The van der Waals surface area contributed by atoms with Crippen LogP contribution in [0.5, 0.6) is 0 Å². The average molecular weight is 823 g/mol. The molecule has 57 heavy (non-hydrogen) atoms. The molecule has 6 rings (SSSR count). The highest BCUT2D eigenvalue weighted by atomic mass is 32.2. The number of H-pyrrole nitrogens is 1. The number of likely N-dealkylation sites (tertiary alicyclic amines) is 1. The number of rotatable bonds is 14. The number of amides is 3. The van der Waals surface area contributed by atoms with Gasteiger partial charge in [-0.1, -0.05) is 57.9 Å². The molecule has 17 heteroatoms. The van der Waals surface area contributed by atoms with Crippen molar-refractivity contribution in [3.05, 3.63) is 76.5 Å². The largest absolute Gasteiger partial charge is 0.416 e. The van der Waals surface area contributed by atoms with Crippen molar-refractivity contribution in [1.82, 2.24) is 19.2 Å². The molecule has 3 aromatic rings. The number of fused-ring (bicyclic) bond motifs is 1. The second kappa shape index (κ2) is 19.2. The number of aromatic nitrogens is 2. The first-order chi connectivity index (χ1) is 26.8. The maximum absolute atomic E-state index is 13.3. The van der Waals surface area contributed by atoms with Crippen LogP contribution in [0.4, 0.5) is 23.2 Å². The minimum atomic E-state index is -4.69. The number of para-hydroxylation sites is 2. The normalized spacial score (nSPS) is 19.7. The Morgan fingerprint density at radius 3 is 2.44 bits per heavy atom. The van der Waals surface area contributed by atoms with E-state index in [9.17, 15) is 45.2 Å². The Hall–Kier alpha value is -4.67. The molecule has 2 saturated carbocycles. The van der Waals surface area contributed by atoms with E-state index in [2.05, 4.69) is 47.9 Å². The van der Waals surface area contributed by atoms with Gasteiger partial charge in [0.15, 0.2) is 0 Å². The third-order valence-corrected chi connectivity index (χ3v) is 12.3. The molecule has 3 fully saturated rings. The van der Waals surface area contributed by atoms with Gasteiger partial charge in [-0.25, -0.2) is 17.6 Å². The third kappa shape index (κ3) is 12.7. The third-order valence-electron chi connectivity index (χ3n) is 10.2. The van der Waals surface area contributed by atoms with Crippen LogP contribution in [-0.2, 0) is 37.1 Å². The van der Waals surface area contributed by atoms with Gasteiger partial charge in [-0.2, -0.15) is 13.2 Å². The van der Waals surface area contributed by atoms with Gasteiger partial charge in [0.2, 0.25) is 27.7 Å². The summed E-state index contributed by atoms with van der Waals surface area (Å²) in [4.78, 5) is 50.9. The lowest BCUT2D eigenvalue weighted by molar-refractivity contribution is -0.137. The second-order valence-corrected chi connectivity index (χ2v) is 17.7. The second-order valence-electron chi connectivity index (χ2n) is 15.5. The number of sulfonamides is 1. The van der Waals surface area contributed by atoms with Crippen molar-refractivity contribution < 1.29 is 40.4 Å². The molecule has 3 atom stereocenters. The number of benzene rings is 2. The van der Waals surface area contributed by atoms with Crippen molar-refractivity contribution in [2.75, 3.05) is 18.4 Å². The Labute approximate surface area is 330 Å². The number of unbranched alkanes of at least 4 members (excludes halogenated alkanes) is 3. The van der Waals surface area contributed by atoms with Crippen molar-refractivity contribution in [1.29, 1.82) is 0 Å². The number of alkyl halides is 3. The van der Waals surface area contributed by atoms with Gasteiger partial charge < -0.3 is 20.9 Å². The summed E-state index contributed by atoms with van der Waals surface area (Å²) < 4.78 is 78.3. The van der Waals surface area contributed by atoms with Crippen LogP contribution in [0.25, 0.3) is 11.0 Å². The van der Waals surface area contributed by atoms with Crippen LogP contribution >= 0.6 is 0 Å². The van der Waals surface area contributed by atoms with Crippen molar-refractivity contribution in [3.63, 3.8) is 0 Å². The Morgan fingerprint density at radius 1 is 1.11 bits per heavy atom. The number of nitrogens with two attached hydrogens (primary N) is 1. The number of imidazole rings is 1. The van der Waals surface area contributed by atoms with Crippen LogP contribution in [-0.4, -0.2) is 64.5 Å². The molecule has 3 unspecified atom stereocenters. The zero-order valence-corrected chi connectivity index (χ0v) is 33.6. The Morgan fingerprint density at radius 2 is 1.81 bits per heavy atom. The highest BCUT2D eigenvalue weighted by Gasteiger charge is 2.52. The highest BCUT2D eigenvalue weighted by molar-refractivity contribution is 7.91. The van der Waals surface area contributed by atoms with E-state index in [4.69, 9.17) is 5.73 Å². The van der Waals surface area contributed by atoms with Crippen LogP contribution in [0.2, 0.25) is 0 Å². The number of nitrogens with zero attached hydrogens (tertiary/aromatic N) is 2. The number of halogens is 4. The summed E-state index contributed by atoms with van der Waals surface area (Å²) in [7, 11) is -3.47. The lowest BCUT2D eigenvalue weighted by atomic mass is 10.2. The summed E-state index contributed by atoms with van der Waals surface area (Å²) in [5.74, 6) is -1.92. The number of aromatic amines is 1. The number of hydrogen-bond acceptors (Lipinski definition) is 7. The lowest BCUT2D eigenvalue weighted by Gasteiger charge is -2.22. The Balaban J connectivity index is 0.000000195. The van der Waals surface area contributed by atoms with E-state index in [1.807, 2.05) is 24.3 Å². The van der Waals surface area contributed by atoms with E-state index in [1.165, 1.54) is 24.2 Å². The van der Waals surface area contributed by atoms with E-state index >= 15 is 0 Å². The topological polar surface area (TPSA) is 176 Å². The van der Waals surface area contributed by atoms with E-state index in [0.717, 1.165) is 36.5 Å². The molecule has 1 saturated heterocycles. The van der Waals surface area contributed by atoms with Gasteiger partial charge in [-0.3, -0.25) is 23.7 Å². The summed E-state index contributed by atoms with van der Waals surface area (Å²) in [5, 5.41) is 2.45. The van der Waals surface area contributed by atoms with Gasteiger partial charge >= 0.3 is 11.9 Å². The summed E-state index contributed by atoms with van der Waals surface area (Å²) in [6, 6.07) is 9.01. The number of hydrogen-bond donors (Lipinski definition) is 4. The molecule has 2 aromatic carbocycles. The SMILES string of the molecule is CC(C)Cn1c(=O)[nH]c2ccccc21.CCCCC/C=C\C1CC1C(=O)NS(=O)(=O)C1(C)CC1.NC(=O)C1CCCN1C(=O)CNc1cc(F)cc(C(F)(F)F)c1. The van der Waals surface area contributed by atoms with Crippen molar-refractivity contribution in [3.8, 4) is 0 Å². The number of allylic oxidation sites excluding steroid dienone is 2. The zero-order chi connectivity index (χ0) is 42.1. The Kier molecular flexibility index (Phi) is 15.2. The van der Waals surface area contributed by atoms with Crippen LogP contribution in [0.15, 0.2) is 59.4 Å². The maximum Gasteiger partial charge on any atom is 0.416 e. The maximum atomic E-state index is 13.3. The molecule has 1 aliphatic heterocycles. The summed E-state index contributed by atoms with van der Waals surface area (Å²) in [5.41, 5.74) is 5.77. The van der Waals surface area contributed by atoms with Gasteiger partial charge in [-0.05, 0) is 94.0 Å².